The lowest BCUT2D eigenvalue weighted by Crippen LogP contribution is -2.13. The maximum Gasteiger partial charge on any atom is 0.170 e. The van der Waals surface area contributed by atoms with E-state index in [1.54, 1.807) is 28.9 Å². The summed E-state index contributed by atoms with van der Waals surface area (Å²) in [6.45, 7) is 4.01. The van der Waals surface area contributed by atoms with E-state index in [-0.39, 0.29) is 18.2 Å². The molecule has 1 heterocycles. The molecule has 5 nitrogen and oxygen atoms in total. The number of nitrogens with zero attached hydrogens (tertiary/aromatic N) is 3. The number of nitrogen functional groups attached to an aromatic ring is 1. The van der Waals surface area contributed by atoms with Crippen LogP contribution in [0, 0.1) is 0 Å². The fourth-order valence-electron chi connectivity index (χ4n) is 1.75. The molecular formula is C13H16N4O. The lowest BCUT2D eigenvalue weighted by Gasteiger charge is -2.08. The second-order valence-corrected chi connectivity index (χ2v) is 4.44. The molecule has 94 valence electrons. The first-order chi connectivity index (χ1) is 8.58. The summed E-state index contributed by atoms with van der Waals surface area (Å²) in [5, 5.41) is 4.11. The van der Waals surface area contributed by atoms with E-state index in [1.165, 1.54) is 6.33 Å². The number of aromatic nitrogens is 3. The van der Waals surface area contributed by atoms with E-state index in [4.69, 9.17) is 5.73 Å². The molecule has 0 fully saturated rings. The number of anilines is 1. The zero-order valence-electron chi connectivity index (χ0n) is 10.5. The number of hydrogen-bond acceptors (Lipinski definition) is 4. The van der Waals surface area contributed by atoms with Crippen molar-refractivity contribution in [2.24, 2.45) is 0 Å². The summed E-state index contributed by atoms with van der Waals surface area (Å²) < 4.78 is 1.76. The van der Waals surface area contributed by atoms with Crippen LogP contribution in [-0.2, 0) is 6.42 Å². The summed E-state index contributed by atoms with van der Waals surface area (Å²) >= 11 is 0. The maximum absolute atomic E-state index is 12.1. The molecule has 1 aromatic heterocycles. The lowest BCUT2D eigenvalue weighted by molar-refractivity contribution is 0.0989. The molecule has 0 unspecified atom stereocenters. The van der Waals surface area contributed by atoms with Crippen LogP contribution in [0.1, 0.15) is 36.1 Å². The quantitative estimate of drug-likeness (QED) is 0.658. The molecule has 0 saturated carbocycles. The average Bonchev–Trinajstić information content (AvgIpc) is 2.78. The first-order valence-corrected chi connectivity index (χ1v) is 5.85. The second-order valence-electron chi connectivity index (χ2n) is 4.44. The zero-order chi connectivity index (χ0) is 13.1. The van der Waals surface area contributed by atoms with E-state index in [1.807, 2.05) is 13.8 Å². The molecule has 18 heavy (non-hydrogen) atoms. The minimum Gasteiger partial charge on any atom is -0.399 e. The Balaban J connectivity index is 2.16. The van der Waals surface area contributed by atoms with Crippen molar-refractivity contribution in [1.29, 1.82) is 0 Å². The topological polar surface area (TPSA) is 73.8 Å². The van der Waals surface area contributed by atoms with Crippen LogP contribution in [0.5, 0.6) is 0 Å². The van der Waals surface area contributed by atoms with Crippen LogP contribution >= 0.6 is 0 Å². The average molecular weight is 244 g/mol. The first-order valence-electron chi connectivity index (χ1n) is 5.85. The molecule has 0 bridgehead atoms. The van der Waals surface area contributed by atoms with Crippen molar-refractivity contribution in [2.75, 3.05) is 5.73 Å². The number of carbonyl (C=O) groups is 1. The smallest absolute Gasteiger partial charge is 0.170 e. The van der Waals surface area contributed by atoms with Crippen LogP contribution < -0.4 is 5.73 Å². The van der Waals surface area contributed by atoms with Crippen molar-refractivity contribution in [3.8, 4) is 0 Å². The SMILES string of the molecule is CC(C)n1ncnc1CC(=O)c1ccc(N)cc1. The van der Waals surface area contributed by atoms with Crippen molar-refractivity contribution in [2.45, 2.75) is 26.3 Å². The standard InChI is InChI=1S/C13H16N4O/c1-9(2)17-13(15-8-16-17)7-12(18)10-3-5-11(14)6-4-10/h3-6,8-9H,7,14H2,1-2H3. The Morgan fingerprint density at radius 3 is 2.61 bits per heavy atom. The molecule has 2 rings (SSSR count). The molecule has 0 aliphatic rings. The van der Waals surface area contributed by atoms with Crippen molar-refractivity contribution in [3.05, 3.63) is 42.0 Å². The van der Waals surface area contributed by atoms with Gasteiger partial charge in [0.1, 0.15) is 12.2 Å². The largest absolute Gasteiger partial charge is 0.399 e. The number of Topliss-reactive ketones (excluding diaryl/α,β-unsaturated/α-hetero) is 1. The molecule has 0 aliphatic carbocycles. The Morgan fingerprint density at radius 1 is 1.33 bits per heavy atom. The number of nitrogens with two attached hydrogens (primary N) is 1. The van der Waals surface area contributed by atoms with Crippen LogP contribution in [-0.4, -0.2) is 20.5 Å². The summed E-state index contributed by atoms with van der Waals surface area (Å²) in [5.41, 5.74) is 6.88. The molecule has 0 spiro atoms. The maximum atomic E-state index is 12.1. The summed E-state index contributed by atoms with van der Waals surface area (Å²) in [7, 11) is 0. The molecule has 0 atom stereocenters. The normalized spacial score (nSPS) is 10.8. The Morgan fingerprint density at radius 2 is 2.00 bits per heavy atom. The highest BCUT2D eigenvalue weighted by molar-refractivity contribution is 5.97. The number of rotatable bonds is 4. The Labute approximate surface area is 106 Å². The minimum absolute atomic E-state index is 0.0184. The van der Waals surface area contributed by atoms with Gasteiger partial charge in [-0.2, -0.15) is 5.10 Å². The fourth-order valence-corrected chi connectivity index (χ4v) is 1.75. The fraction of sp³-hybridized carbons (Fsp3) is 0.308. The highest BCUT2D eigenvalue weighted by Crippen LogP contribution is 2.11. The molecule has 0 saturated heterocycles. The Bertz CT molecular complexity index is 542. The van der Waals surface area contributed by atoms with E-state index >= 15 is 0 Å². The molecule has 2 aromatic rings. The number of benzene rings is 1. The third-order valence-corrected chi connectivity index (χ3v) is 2.69. The highest BCUT2D eigenvalue weighted by Gasteiger charge is 2.13. The Kier molecular flexibility index (Phi) is 3.41. The first kappa shape index (κ1) is 12.3. The summed E-state index contributed by atoms with van der Waals surface area (Å²) in [6.07, 6.45) is 1.73. The predicted molar refractivity (Wildman–Crippen MR) is 69.3 cm³/mol. The molecule has 5 heteroatoms. The molecule has 0 amide bonds. The van der Waals surface area contributed by atoms with Gasteiger partial charge in [-0.05, 0) is 38.1 Å². The molecule has 1 aromatic carbocycles. The van der Waals surface area contributed by atoms with Gasteiger partial charge in [0.05, 0.1) is 6.42 Å². The van der Waals surface area contributed by atoms with Crippen LogP contribution in [0.3, 0.4) is 0 Å². The van der Waals surface area contributed by atoms with Gasteiger partial charge in [-0.15, -0.1) is 0 Å². The minimum atomic E-state index is 0.0184. The molecule has 0 aliphatic heterocycles. The van der Waals surface area contributed by atoms with Gasteiger partial charge in [-0.3, -0.25) is 4.79 Å². The summed E-state index contributed by atoms with van der Waals surface area (Å²) in [6, 6.07) is 7.10. The highest BCUT2D eigenvalue weighted by atomic mass is 16.1. The van der Waals surface area contributed by atoms with Gasteiger partial charge in [0.2, 0.25) is 0 Å². The van der Waals surface area contributed by atoms with Gasteiger partial charge < -0.3 is 5.73 Å². The number of hydrogen-bond donors (Lipinski definition) is 1. The van der Waals surface area contributed by atoms with Gasteiger partial charge in [-0.1, -0.05) is 0 Å². The van der Waals surface area contributed by atoms with Crippen LogP contribution in [0.15, 0.2) is 30.6 Å². The Hall–Kier alpha value is -2.17. The van der Waals surface area contributed by atoms with Gasteiger partial charge in [0.15, 0.2) is 5.78 Å². The van der Waals surface area contributed by atoms with Crippen molar-refractivity contribution in [3.63, 3.8) is 0 Å². The van der Waals surface area contributed by atoms with E-state index in [2.05, 4.69) is 10.1 Å². The monoisotopic (exact) mass is 244 g/mol. The number of carbonyl (C=O) groups excluding carboxylic acids is 1. The van der Waals surface area contributed by atoms with Crippen molar-refractivity contribution in [1.82, 2.24) is 14.8 Å². The van der Waals surface area contributed by atoms with Crippen LogP contribution in [0.2, 0.25) is 0 Å². The number of ketones is 1. The third kappa shape index (κ3) is 2.56. The molecule has 2 N–H and O–H groups in total. The van der Waals surface area contributed by atoms with Crippen molar-refractivity contribution >= 4 is 11.5 Å². The van der Waals surface area contributed by atoms with E-state index in [0.29, 0.717) is 17.1 Å². The van der Waals surface area contributed by atoms with Crippen LogP contribution in [0.4, 0.5) is 5.69 Å². The third-order valence-electron chi connectivity index (χ3n) is 2.69. The zero-order valence-corrected chi connectivity index (χ0v) is 10.5. The summed E-state index contributed by atoms with van der Waals surface area (Å²) in [4.78, 5) is 16.2. The van der Waals surface area contributed by atoms with E-state index in [9.17, 15) is 4.79 Å². The van der Waals surface area contributed by atoms with Crippen molar-refractivity contribution < 1.29 is 4.79 Å². The molecular weight excluding hydrogens is 228 g/mol. The second kappa shape index (κ2) is 5.00. The lowest BCUT2D eigenvalue weighted by atomic mass is 10.1. The van der Waals surface area contributed by atoms with Gasteiger partial charge in [0.25, 0.3) is 0 Å². The van der Waals surface area contributed by atoms with Gasteiger partial charge >= 0.3 is 0 Å². The van der Waals surface area contributed by atoms with Gasteiger partial charge in [0, 0.05) is 17.3 Å². The van der Waals surface area contributed by atoms with Gasteiger partial charge in [-0.25, -0.2) is 9.67 Å². The molecule has 0 radical (unpaired) electrons. The van der Waals surface area contributed by atoms with E-state index < -0.39 is 0 Å². The predicted octanol–water partition coefficient (Wildman–Crippen LogP) is 1.87. The van der Waals surface area contributed by atoms with E-state index in [0.717, 1.165) is 0 Å². The van der Waals surface area contributed by atoms with Crippen LogP contribution in [0.25, 0.3) is 0 Å². The summed E-state index contributed by atoms with van der Waals surface area (Å²) in [5.74, 6) is 0.705.